The molecule has 2 aromatic carbocycles. The predicted octanol–water partition coefficient (Wildman–Crippen LogP) is 2.39. The van der Waals surface area contributed by atoms with Gasteiger partial charge in [-0.2, -0.15) is 0 Å². The fourth-order valence-corrected chi connectivity index (χ4v) is 2.39. The topological polar surface area (TPSA) is 55.8 Å². The van der Waals surface area contributed by atoms with Crippen molar-refractivity contribution in [1.82, 2.24) is 4.90 Å². The number of rotatable bonds is 3. The molecule has 0 saturated carbocycles. The van der Waals surface area contributed by atoms with Crippen molar-refractivity contribution in [3.05, 3.63) is 65.7 Å². The molecule has 5 nitrogen and oxygen atoms in total. The van der Waals surface area contributed by atoms with Crippen LogP contribution in [0.25, 0.3) is 0 Å². The predicted molar refractivity (Wildman–Crippen MR) is 79.3 cm³/mol. The van der Waals surface area contributed by atoms with E-state index < -0.39 is 12.2 Å². The largest absolute Gasteiger partial charge is 0.497 e. The van der Waals surface area contributed by atoms with Crippen molar-refractivity contribution in [3.8, 4) is 5.75 Å². The Morgan fingerprint density at radius 2 is 1.82 bits per heavy atom. The van der Waals surface area contributed by atoms with Crippen LogP contribution in [-0.2, 0) is 9.53 Å². The molecule has 0 radical (unpaired) electrons. The van der Waals surface area contributed by atoms with Crippen LogP contribution in [0.4, 0.5) is 0 Å². The number of hydrogen-bond donors (Lipinski definition) is 0. The molecule has 1 aliphatic rings. The molecule has 1 amide bonds. The van der Waals surface area contributed by atoms with Gasteiger partial charge in [-0.3, -0.25) is 14.5 Å². The molecule has 5 heteroatoms. The minimum Gasteiger partial charge on any atom is -0.497 e. The number of hydrogen-bond acceptors (Lipinski definition) is 4. The van der Waals surface area contributed by atoms with Crippen LogP contribution in [-0.4, -0.2) is 30.4 Å². The van der Waals surface area contributed by atoms with E-state index in [4.69, 9.17) is 9.47 Å². The lowest BCUT2D eigenvalue weighted by molar-refractivity contribution is -0.141. The molecule has 0 bridgehead atoms. The quantitative estimate of drug-likeness (QED) is 0.816. The van der Waals surface area contributed by atoms with Gasteiger partial charge in [0.25, 0.3) is 5.91 Å². The molecule has 0 aliphatic carbocycles. The van der Waals surface area contributed by atoms with Gasteiger partial charge in [-0.1, -0.05) is 18.2 Å². The third-order valence-corrected chi connectivity index (χ3v) is 3.51. The van der Waals surface area contributed by atoms with Gasteiger partial charge < -0.3 is 9.47 Å². The van der Waals surface area contributed by atoms with E-state index in [1.807, 2.05) is 6.07 Å². The van der Waals surface area contributed by atoms with Crippen molar-refractivity contribution in [1.29, 1.82) is 0 Å². The first-order valence-corrected chi connectivity index (χ1v) is 6.88. The van der Waals surface area contributed by atoms with E-state index in [-0.39, 0.29) is 12.5 Å². The first kappa shape index (κ1) is 14.1. The number of nitrogens with zero attached hydrogens (tertiary/aromatic N) is 1. The van der Waals surface area contributed by atoms with Crippen LogP contribution in [0.1, 0.15) is 22.1 Å². The molecule has 2 aromatic rings. The molecular formula is C17H15NO4. The summed E-state index contributed by atoms with van der Waals surface area (Å²) in [5, 5.41) is 0. The first-order chi connectivity index (χ1) is 10.7. The van der Waals surface area contributed by atoms with Crippen molar-refractivity contribution < 1.29 is 19.1 Å². The summed E-state index contributed by atoms with van der Waals surface area (Å²) in [6.07, 6.45) is -0.703. The monoisotopic (exact) mass is 297 g/mol. The molecule has 0 aromatic heterocycles. The van der Waals surface area contributed by atoms with E-state index in [0.29, 0.717) is 11.3 Å². The zero-order valence-corrected chi connectivity index (χ0v) is 12.1. The van der Waals surface area contributed by atoms with Gasteiger partial charge in [0, 0.05) is 11.1 Å². The molecule has 112 valence electrons. The molecule has 22 heavy (non-hydrogen) atoms. The SMILES string of the molecule is COc1ccc([C@H]2OC(=O)CN2C(=O)c2ccccc2)cc1. The highest BCUT2D eigenvalue weighted by Crippen LogP contribution is 2.30. The second-order valence-electron chi connectivity index (χ2n) is 4.91. The molecule has 1 fully saturated rings. The zero-order valence-electron chi connectivity index (χ0n) is 12.1. The molecule has 0 unspecified atom stereocenters. The van der Waals surface area contributed by atoms with Crippen molar-refractivity contribution in [2.24, 2.45) is 0 Å². The second-order valence-corrected chi connectivity index (χ2v) is 4.91. The maximum absolute atomic E-state index is 12.6. The average molecular weight is 297 g/mol. The number of methoxy groups -OCH3 is 1. The number of esters is 1. The number of carbonyl (C=O) groups excluding carboxylic acids is 2. The van der Waals surface area contributed by atoms with E-state index in [1.165, 1.54) is 4.90 Å². The Morgan fingerprint density at radius 1 is 1.14 bits per heavy atom. The summed E-state index contributed by atoms with van der Waals surface area (Å²) < 4.78 is 10.4. The number of cyclic esters (lactones) is 1. The van der Waals surface area contributed by atoms with E-state index >= 15 is 0 Å². The highest BCUT2D eigenvalue weighted by molar-refractivity contribution is 5.97. The van der Waals surface area contributed by atoms with Gasteiger partial charge in [0.05, 0.1) is 7.11 Å². The Morgan fingerprint density at radius 3 is 2.45 bits per heavy atom. The third-order valence-electron chi connectivity index (χ3n) is 3.51. The third kappa shape index (κ3) is 2.65. The lowest BCUT2D eigenvalue weighted by atomic mass is 10.1. The summed E-state index contributed by atoms with van der Waals surface area (Å²) >= 11 is 0. The lowest BCUT2D eigenvalue weighted by Crippen LogP contribution is -2.31. The molecule has 1 atom stereocenters. The maximum atomic E-state index is 12.6. The van der Waals surface area contributed by atoms with Crippen LogP contribution < -0.4 is 4.74 Å². The van der Waals surface area contributed by atoms with Gasteiger partial charge in [-0.15, -0.1) is 0 Å². The first-order valence-electron chi connectivity index (χ1n) is 6.88. The smallest absolute Gasteiger partial charge is 0.327 e. The van der Waals surface area contributed by atoms with Crippen LogP contribution >= 0.6 is 0 Å². The number of benzene rings is 2. The second kappa shape index (κ2) is 5.89. The number of amides is 1. The highest BCUT2D eigenvalue weighted by Gasteiger charge is 2.37. The van der Waals surface area contributed by atoms with Crippen LogP contribution in [0, 0.1) is 0 Å². The van der Waals surface area contributed by atoms with E-state index in [2.05, 4.69) is 0 Å². The summed E-state index contributed by atoms with van der Waals surface area (Å²) in [5.41, 5.74) is 1.26. The Balaban J connectivity index is 1.88. The summed E-state index contributed by atoms with van der Waals surface area (Å²) in [4.78, 5) is 25.7. The van der Waals surface area contributed by atoms with Gasteiger partial charge >= 0.3 is 5.97 Å². The average Bonchev–Trinajstić information content (AvgIpc) is 2.97. The summed E-state index contributed by atoms with van der Waals surface area (Å²) in [6, 6.07) is 16.0. The van der Waals surface area contributed by atoms with Gasteiger partial charge in [-0.05, 0) is 36.4 Å². The van der Waals surface area contributed by atoms with Gasteiger partial charge in [0.15, 0.2) is 0 Å². The fourth-order valence-electron chi connectivity index (χ4n) is 2.39. The minimum atomic E-state index is -0.703. The molecule has 0 N–H and O–H groups in total. The van der Waals surface area contributed by atoms with Gasteiger partial charge in [-0.25, -0.2) is 0 Å². The van der Waals surface area contributed by atoms with E-state index in [1.54, 1.807) is 55.6 Å². The molecule has 3 rings (SSSR count). The Bertz CT molecular complexity index is 682. The lowest BCUT2D eigenvalue weighted by Gasteiger charge is -2.22. The molecule has 1 heterocycles. The summed E-state index contributed by atoms with van der Waals surface area (Å²) in [7, 11) is 1.58. The minimum absolute atomic E-state index is 0.0512. The standard InChI is InChI=1S/C17H15NO4/c1-21-14-9-7-13(8-10-14)17-18(11-15(19)22-17)16(20)12-5-3-2-4-6-12/h2-10,17H,11H2,1H3/t17-/m1/s1. The van der Waals surface area contributed by atoms with Crippen LogP contribution in [0.2, 0.25) is 0 Å². The van der Waals surface area contributed by atoms with Gasteiger partial charge in [0.1, 0.15) is 12.3 Å². The Kier molecular flexibility index (Phi) is 3.78. The molecular weight excluding hydrogens is 282 g/mol. The van der Waals surface area contributed by atoms with Crippen LogP contribution in [0.5, 0.6) is 5.75 Å². The number of carbonyl (C=O) groups is 2. The van der Waals surface area contributed by atoms with E-state index in [0.717, 1.165) is 5.56 Å². The van der Waals surface area contributed by atoms with Crippen molar-refractivity contribution in [2.45, 2.75) is 6.23 Å². The Hall–Kier alpha value is -2.82. The normalized spacial score (nSPS) is 17.2. The Labute approximate surface area is 128 Å². The highest BCUT2D eigenvalue weighted by atomic mass is 16.6. The van der Waals surface area contributed by atoms with Crippen LogP contribution in [0.3, 0.4) is 0 Å². The fraction of sp³-hybridized carbons (Fsp3) is 0.176. The van der Waals surface area contributed by atoms with Gasteiger partial charge in [0.2, 0.25) is 6.23 Å². The van der Waals surface area contributed by atoms with E-state index in [9.17, 15) is 9.59 Å². The van der Waals surface area contributed by atoms with Crippen molar-refractivity contribution in [3.63, 3.8) is 0 Å². The molecule has 1 aliphatic heterocycles. The maximum Gasteiger partial charge on any atom is 0.327 e. The van der Waals surface area contributed by atoms with Crippen molar-refractivity contribution in [2.75, 3.05) is 13.7 Å². The molecule has 0 spiro atoms. The number of ether oxygens (including phenoxy) is 2. The summed E-state index contributed by atoms with van der Waals surface area (Å²) in [6.45, 7) is -0.0512. The summed E-state index contributed by atoms with van der Waals surface area (Å²) in [5.74, 6) is 0.0615. The molecule has 1 saturated heterocycles. The van der Waals surface area contributed by atoms with Crippen LogP contribution in [0.15, 0.2) is 54.6 Å². The van der Waals surface area contributed by atoms with Crippen molar-refractivity contribution >= 4 is 11.9 Å². The zero-order chi connectivity index (χ0) is 15.5.